The van der Waals surface area contributed by atoms with Gasteiger partial charge in [-0.15, -0.1) is 0 Å². The fourth-order valence-corrected chi connectivity index (χ4v) is 4.73. The Labute approximate surface area is 130 Å². The Morgan fingerprint density at radius 2 is 1.33 bits per heavy atom. The summed E-state index contributed by atoms with van der Waals surface area (Å²) in [4.78, 5) is 0. The van der Waals surface area contributed by atoms with Gasteiger partial charge in [0.25, 0.3) is 0 Å². The second-order valence-electron chi connectivity index (χ2n) is 7.22. The van der Waals surface area contributed by atoms with Gasteiger partial charge in [0.2, 0.25) is 0 Å². The summed E-state index contributed by atoms with van der Waals surface area (Å²) in [5.41, 5.74) is 1.58. The standard InChI is InChI=1S/C21H30/c1-2-6-17-9-11-19(12-10-17)21-15-13-20(14-16-21)18-7-4-3-5-8-18/h2-8,17,19-21H,9-16H2,1H3. The molecule has 21 heavy (non-hydrogen) atoms. The van der Waals surface area contributed by atoms with E-state index in [1.807, 2.05) is 0 Å². The first kappa shape index (κ1) is 14.9. The second kappa shape index (κ2) is 7.29. The summed E-state index contributed by atoms with van der Waals surface area (Å²) in [5.74, 6) is 3.77. The molecule has 0 saturated heterocycles. The van der Waals surface area contributed by atoms with Gasteiger partial charge in [-0.25, -0.2) is 0 Å². The fraction of sp³-hybridized carbons (Fsp3) is 0.619. The molecule has 0 aromatic heterocycles. The minimum absolute atomic E-state index is 0.835. The Hall–Kier alpha value is -1.04. The van der Waals surface area contributed by atoms with Crippen molar-refractivity contribution in [3.05, 3.63) is 48.0 Å². The molecule has 0 heterocycles. The molecule has 0 N–H and O–H groups in total. The van der Waals surface area contributed by atoms with Crippen molar-refractivity contribution in [3.8, 4) is 0 Å². The Kier molecular flexibility index (Phi) is 5.17. The van der Waals surface area contributed by atoms with E-state index in [-0.39, 0.29) is 0 Å². The maximum absolute atomic E-state index is 2.43. The van der Waals surface area contributed by atoms with Crippen LogP contribution >= 0.6 is 0 Å². The van der Waals surface area contributed by atoms with Crippen LogP contribution in [0.1, 0.15) is 69.8 Å². The summed E-state index contributed by atoms with van der Waals surface area (Å²) in [5, 5.41) is 0. The molecule has 114 valence electrons. The average molecular weight is 282 g/mol. The molecule has 2 aliphatic rings. The molecule has 2 fully saturated rings. The van der Waals surface area contributed by atoms with E-state index in [0.29, 0.717) is 0 Å². The molecule has 0 radical (unpaired) electrons. The third-order valence-corrected chi connectivity index (χ3v) is 5.99. The molecule has 2 saturated carbocycles. The molecule has 0 spiro atoms. The fourth-order valence-electron chi connectivity index (χ4n) is 4.73. The lowest BCUT2D eigenvalue weighted by atomic mass is 9.68. The molecule has 0 amide bonds. The van der Waals surface area contributed by atoms with E-state index in [0.717, 1.165) is 23.7 Å². The lowest BCUT2D eigenvalue weighted by Crippen LogP contribution is -2.25. The molecule has 0 unspecified atom stereocenters. The maximum atomic E-state index is 2.43. The smallest absolute Gasteiger partial charge is 0.0162 e. The highest BCUT2D eigenvalue weighted by Gasteiger charge is 2.30. The summed E-state index contributed by atoms with van der Waals surface area (Å²) >= 11 is 0. The number of benzene rings is 1. The van der Waals surface area contributed by atoms with Gasteiger partial charge in [-0.2, -0.15) is 0 Å². The van der Waals surface area contributed by atoms with Crippen LogP contribution in [0.5, 0.6) is 0 Å². The van der Waals surface area contributed by atoms with Crippen LogP contribution in [0.4, 0.5) is 0 Å². The molecule has 1 aromatic rings. The first-order valence-corrected chi connectivity index (χ1v) is 9.04. The first-order valence-electron chi connectivity index (χ1n) is 9.04. The maximum Gasteiger partial charge on any atom is -0.0162 e. The summed E-state index contributed by atoms with van der Waals surface area (Å²) in [6.07, 6.45) is 16.3. The van der Waals surface area contributed by atoms with Crippen LogP contribution in [0.3, 0.4) is 0 Å². The lowest BCUT2D eigenvalue weighted by Gasteiger charge is -2.37. The van der Waals surface area contributed by atoms with Gasteiger partial charge >= 0.3 is 0 Å². The van der Waals surface area contributed by atoms with Gasteiger partial charge < -0.3 is 0 Å². The normalized spacial score (nSPS) is 34.1. The zero-order valence-electron chi connectivity index (χ0n) is 13.5. The molecule has 2 aliphatic carbocycles. The van der Waals surface area contributed by atoms with Crippen molar-refractivity contribution >= 4 is 0 Å². The number of hydrogen-bond acceptors (Lipinski definition) is 0. The van der Waals surface area contributed by atoms with E-state index < -0.39 is 0 Å². The lowest BCUT2D eigenvalue weighted by molar-refractivity contribution is 0.171. The van der Waals surface area contributed by atoms with Gasteiger partial charge in [-0.05, 0) is 87.5 Å². The molecule has 0 aliphatic heterocycles. The first-order chi connectivity index (χ1) is 10.4. The van der Waals surface area contributed by atoms with E-state index in [1.54, 1.807) is 5.56 Å². The van der Waals surface area contributed by atoms with Crippen LogP contribution in [0.2, 0.25) is 0 Å². The molecule has 3 rings (SSSR count). The Balaban J connectivity index is 1.48. The predicted molar refractivity (Wildman–Crippen MR) is 91.4 cm³/mol. The van der Waals surface area contributed by atoms with Crippen LogP contribution in [-0.4, -0.2) is 0 Å². The molecule has 0 atom stereocenters. The third-order valence-electron chi connectivity index (χ3n) is 5.99. The molecule has 1 aromatic carbocycles. The molecule has 0 bridgehead atoms. The zero-order chi connectivity index (χ0) is 14.5. The minimum Gasteiger partial charge on any atom is -0.0914 e. The topological polar surface area (TPSA) is 0 Å². The van der Waals surface area contributed by atoms with Crippen LogP contribution < -0.4 is 0 Å². The largest absolute Gasteiger partial charge is 0.0914 e. The summed E-state index contributed by atoms with van der Waals surface area (Å²) < 4.78 is 0. The highest BCUT2D eigenvalue weighted by atomic mass is 14.4. The van der Waals surface area contributed by atoms with E-state index >= 15 is 0 Å². The second-order valence-corrected chi connectivity index (χ2v) is 7.22. The highest BCUT2D eigenvalue weighted by molar-refractivity contribution is 5.19. The van der Waals surface area contributed by atoms with Gasteiger partial charge in [0.15, 0.2) is 0 Å². The minimum atomic E-state index is 0.835. The Bertz CT molecular complexity index is 428. The van der Waals surface area contributed by atoms with Gasteiger partial charge in [-0.3, -0.25) is 0 Å². The van der Waals surface area contributed by atoms with Crippen molar-refractivity contribution in [2.45, 2.75) is 64.2 Å². The SMILES string of the molecule is CC=CC1CCC(C2CCC(c3ccccc3)CC2)CC1. The van der Waals surface area contributed by atoms with Crippen molar-refractivity contribution in [2.24, 2.45) is 17.8 Å². The van der Waals surface area contributed by atoms with E-state index in [9.17, 15) is 0 Å². The summed E-state index contributed by atoms with van der Waals surface area (Å²) in [6, 6.07) is 11.2. The summed E-state index contributed by atoms with van der Waals surface area (Å²) in [7, 11) is 0. The predicted octanol–water partition coefficient (Wildman–Crippen LogP) is 6.34. The van der Waals surface area contributed by atoms with Crippen LogP contribution in [0.25, 0.3) is 0 Å². The van der Waals surface area contributed by atoms with Crippen LogP contribution in [0, 0.1) is 17.8 Å². The van der Waals surface area contributed by atoms with Gasteiger partial charge in [0, 0.05) is 0 Å². The third kappa shape index (κ3) is 3.78. The zero-order valence-corrected chi connectivity index (χ0v) is 13.5. The van der Waals surface area contributed by atoms with E-state index in [1.165, 1.54) is 51.4 Å². The number of rotatable bonds is 3. The number of allylic oxidation sites excluding steroid dienone is 2. The molecule has 0 nitrogen and oxygen atoms in total. The van der Waals surface area contributed by atoms with Crippen molar-refractivity contribution in [1.82, 2.24) is 0 Å². The molecular formula is C21H30. The van der Waals surface area contributed by atoms with Crippen LogP contribution in [0.15, 0.2) is 42.5 Å². The molecular weight excluding hydrogens is 252 g/mol. The number of hydrogen-bond donors (Lipinski definition) is 0. The van der Waals surface area contributed by atoms with E-state index in [4.69, 9.17) is 0 Å². The van der Waals surface area contributed by atoms with Gasteiger partial charge in [0.1, 0.15) is 0 Å². The van der Waals surface area contributed by atoms with Crippen LogP contribution in [-0.2, 0) is 0 Å². The monoisotopic (exact) mass is 282 g/mol. The van der Waals surface area contributed by atoms with Gasteiger partial charge in [0.05, 0.1) is 0 Å². The highest BCUT2D eigenvalue weighted by Crippen LogP contribution is 2.43. The average Bonchev–Trinajstić information content (AvgIpc) is 2.57. The van der Waals surface area contributed by atoms with Crippen molar-refractivity contribution in [2.75, 3.05) is 0 Å². The van der Waals surface area contributed by atoms with E-state index in [2.05, 4.69) is 49.4 Å². The van der Waals surface area contributed by atoms with Crippen molar-refractivity contribution in [1.29, 1.82) is 0 Å². The Morgan fingerprint density at radius 1 is 0.762 bits per heavy atom. The molecule has 0 heteroatoms. The van der Waals surface area contributed by atoms with Crippen molar-refractivity contribution in [3.63, 3.8) is 0 Å². The van der Waals surface area contributed by atoms with Gasteiger partial charge in [-0.1, -0.05) is 42.5 Å². The Morgan fingerprint density at radius 3 is 1.90 bits per heavy atom. The summed E-state index contributed by atoms with van der Waals surface area (Å²) in [6.45, 7) is 2.16. The van der Waals surface area contributed by atoms with Crippen molar-refractivity contribution < 1.29 is 0 Å². The quantitative estimate of drug-likeness (QED) is 0.567.